The van der Waals surface area contributed by atoms with Gasteiger partial charge in [0.2, 0.25) is 5.91 Å². The zero-order valence-electron chi connectivity index (χ0n) is 17.7. The minimum Gasteiger partial charge on any atom is -0.406 e. The number of rotatable bonds is 7. The molecule has 0 aliphatic heterocycles. The van der Waals surface area contributed by atoms with E-state index in [-0.39, 0.29) is 54.3 Å². The first-order valence-electron chi connectivity index (χ1n) is 9.15. The molecule has 30 heavy (non-hydrogen) atoms. The van der Waals surface area contributed by atoms with Crippen molar-refractivity contribution in [2.75, 3.05) is 26.7 Å². The summed E-state index contributed by atoms with van der Waals surface area (Å²) in [7, 11) is 1.69. The third kappa shape index (κ3) is 11.4. The van der Waals surface area contributed by atoms with E-state index in [9.17, 15) is 23.1 Å². The van der Waals surface area contributed by atoms with Crippen LogP contribution in [0.2, 0.25) is 0 Å². The van der Waals surface area contributed by atoms with Gasteiger partial charge in [-0.1, -0.05) is 12.1 Å². The Morgan fingerprint density at radius 1 is 1.23 bits per heavy atom. The van der Waals surface area contributed by atoms with E-state index in [1.165, 1.54) is 12.1 Å². The van der Waals surface area contributed by atoms with E-state index in [0.29, 0.717) is 18.1 Å². The second-order valence-electron chi connectivity index (χ2n) is 7.48. The van der Waals surface area contributed by atoms with Gasteiger partial charge >= 0.3 is 6.36 Å². The van der Waals surface area contributed by atoms with Crippen LogP contribution < -0.4 is 15.4 Å². The molecule has 3 N–H and O–H groups in total. The standard InChI is InChI=1S/C19H29F3N4O3.HI/c1-6-23-17(26(5)12-16(28)25-18(2,3)4)24-11-15(27)13-7-9-14(10-8-13)29-19(20,21)22;/h7-10,15,27H,6,11-12H2,1-5H3,(H,23,24)(H,25,28);1H. The quantitative estimate of drug-likeness (QED) is 0.278. The largest absolute Gasteiger partial charge is 0.573 e. The highest BCUT2D eigenvalue weighted by Gasteiger charge is 2.31. The summed E-state index contributed by atoms with van der Waals surface area (Å²) in [6.07, 6.45) is -5.80. The van der Waals surface area contributed by atoms with E-state index in [1.54, 1.807) is 11.9 Å². The number of carbonyl (C=O) groups is 1. The van der Waals surface area contributed by atoms with Crippen molar-refractivity contribution in [1.29, 1.82) is 0 Å². The number of aliphatic hydroxyl groups excluding tert-OH is 1. The Kier molecular flexibility index (Phi) is 11.5. The van der Waals surface area contributed by atoms with Gasteiger partial charge in [0.25, 0.3) is 0 Å². The summed E-state index contributed by atoms with van der Waals surface area (Å²) in [5.41, 5.74) is 0.0400. The number of amides is 1. The zero-order valence-corrected chi connectivity index (χ0v) is 20.0. The fourth-order valence-corrected chi connectivity index (χ4v) is 2.39. The van der Waals surface area contributed by atoms with Crippen LogP contribution in [0.25, 0.3) is 0 Å². The summed E-state index contributed by atoms with van der Waals surface area (Å²) in [5.74, 6) is -0.117. The van der Waals surface area contributed by atoms with E-state index in [2.05, 4.69) is 20.4 Å². The van der Waals surface area contributed by atoms with Crippen molar-refractivity contribution < 1.29 is 27.8 Å². The Labute approximate surface area is 192 Å². The smallest absolute Gasteiger partial charge is 0.406 e. The van der Waals surface area contributed by atoms with Crippen molar-refractivity contribution in [3.8, 4) is 5.75 Å². The SMILES string of the molecule is CCNC(=NCC(O)c1ccc(OC(F)(F)F)cc1)N(C)CC(=O)NC(C)(C)C.I. The minimum atomic E-state index is -4.77. The summed E-state index contributed by atoms with van der Waals surface area (Å²) in [5, 5.41) is 16.2. The Bertz CT molecular complexity index is 692. The topological polar surface area (TPSA) is 86.2 Å². The number of benzene rings is 1. The Hall–Kier alpha value is -1.76. The van der Waals surface area contributed by atoms with Crippen molar-refractivity contribution in [3.63, 3.8) is 0 Å². The maximum Gasteiger partial charge on any atom is 0.573 e. The van der Waals surface area contributed by atoms with Crippen LogP contribution in [0, 0.1) is 0 Å². The van der Waals surface area contributed by atoms with Crippen LogP contribution in [0.15, 0.2) is 29.3 Å². The van der Waals surface area contributed by atoms with Crippen molar-refractivity contribution in [2.24, 2.45) is 4.99 Å². The molecule has 0 radical (unpaired) electrons. The molecule has 1 unspecified atom stereocenters. The van der Waals surface area contributed by atoms with Crippen LogP contribution in [0.4, 0.5) is 13.2 Å². The molecule has 0 bridgehead atoms. The molecule has 0 fully saturated rings. The number of guanidine groups is 1. The van der Waals surface area contributed by atoms with Crippen LogP contribution in [0.3, 0.4) is 0 Å². The number of aliphatic imine (C=N–C) groups is 1. The molecule has 172 valence electrons. The fourth-order valence-electron chi connectivity index (χ4n) is 2.39. The van der Waals surface area contributed by atoms with E-state index in [0.717, 1.165) is 12.1 Å². The lowest BCUT2D eigenvalue weighted by Crippen LogP contribution is -2.48. The first-order valence-corrected chi connectivity index (χ1v) is 9.15. The van der Waals surface area contributed by atoms with Gasteiger partial charge in [0, 0.05) is 19.1 Å². The number of aliphatic hydroxyl groups is 1. The van der Waals surface area contributed by atoms with Gasteiger partial charge in [-0.05, 0) is 45.4 Å². The first-order chi connectivity index (χ1) is 13.3. The number of nitrogens with zero attached hydrogens (tertiary/aromatic N) is 2. The summed E-state index contributed by atoms with van der Waals surface area (Å²) in [4.78, 5) is 18.0. The molecule has 7 nitrogen and oxygen atoms in total. The summed E-state index contributed by atoms with van der Waals surface area (Å²) in [6, 6.07) is 4.94. The molecule has 11 heteroatoms. The van der Waals surface area contributed by atoms with Gasteiger partial charge in [-0.2, -0.15) is 0 Å². The lowest BCUT2D eigenvalue weighted by atomic mass is 10.1. The fraction of sp³-hybridized carbons (Fsp3) is 0.579. The number of ether oxygens (including phenoxy) is 1. The predicted molar refractivity (Wildman–Crippen MR) is 120 cm³/mol. The van der Waals surface area contributed by atoms with Crippen LogP contribution in [-0.4, -0.2) is 60.5 Å². The van der Waals surface area contributed by atoms with E-state index < -0.39 is 12.5 Å². The van der Waals surface area contributed by atoms with Gasteiger partial charge in [0.15, 0.2) is 5.96 Å². The molecule has 1 aromatic rings. The molecular formula is C19H30F3IN4O3. The summed E-state index contributed by atoms with van der Waals surface area (Å²) < 4.78 is 40.4. The van der Waals surface area contributed by atoms with Crippen molar-refractivity contribution in [3.05, 3.63) is 29.8 Å². The first kappa shape index (κ1) is 28.2. The highest BCUT2D eigenvalue weighted by atomic mass is 127. The molecule has 1 atom stereocenters. The van der Waals surface area contributed by atoms with Crippen LogP contribution >= 0.6 is 24.0 Å². The number of hydrogen-bond donors (Lipinski definition) is 3. The number of halogens is 4. The van der Waals surface area contributed by atoms with E-state index >= 15 is 0 Å². The van der Waals surface area contributed by atoms with Gasteiger partial charge < -0.3 is 25.4 Å². The van der Waals surface area contributed by atoms with Crippen LogP contribution in [0.1, 0.15) is 39.4 Å². The monoisotopic (exact) mass is 546 g/mol. The molecule has 1 aromatic carbocycles. The maximum absolute atomic E-state index is 12.2. The van der Waals surface area contributed by atoms with E-state index in [4.69, 9.17) is 0 Å². The average Bonchev–Trinajstić information content (AvgIpc) is 2.55. The summed E-state index contributed by atoms with van der Waals surface area (Å²) in [6.45, 7) is 8.11. The number of alkyl halides is 3. The van der Waals surface area contributed by atoms with Crippen LogP contribution in [0.5, 0.6) is 5.75 Å². The van der Waals surface area contributed by atoms with Crippen LogP contribution in [-0.2, 0) is 4.79 Å². The van der Waals surface area contributed by atoms with Crippen molar-refractivity contribution in [1.82, 2.24) is 15.5 Å². The third-order valence-electron chi connectivity index (χ3n) is 3.50. The Balaban J connectivity index is 0.00000841. The average molecular weight is 546 g/mol. The Morgan fingerprint density at radius 2 is 1.80 bits per heavy atom. The predicted octanol–water partition coefficient (Wildman–Crippen LogP) is 3.05. The second-order valence-corrected chi connectivity index (χ2v) is 7.48. The number of carbonyl (C=O) groups excluding carboxylic acids is 1. The molecule has 1 rings (SSSR count). The normalized spacial score (nSPS) is 13.2. The van der Waals surface area contributed by atoms with Gasteiger partial charge in [-0.25, -0.2) is 0 Å². The van der Waals surface area contributed by atoms with Gasteiger partial charge in [0.05, 0.1) is 19.2 Å². The number of hydrogen-bond acceptors (Lipinski definition) is 4. The molecule has 0 saturated heterocycles. The lowest BCUT2D eigenvalue weighted by molar-refractivity contribution is -0.274. The van der Waals surface area contributed by atoms with Gasteiger partial charge in [-0.15, -0.1) is 37.1 Å². The van der Waals surface area contributed by atoms with Crippen molar-refractivity contribution in [2.45, 2.75) is 45.7 Å². The van der Waals surface area contributed by atoms with Gasteiger partial charge in [0.1, 0.15) is 5.75 Å². The van der Waals surface area contributed by atoms with E-state index in [1.807, 2.05) is 27.7 Å². The van der Waals surface area contributed by atoms with Gasteiger partial charge in [-0.3, -0.25) is 9.79 Å². The second kappa shape index (κ2) is 12.2. The molecule has 0 aliphatic carbocycles. The minimum absolute atomic E-state index is 0. The zero-order chi connectivity index (χ0) is 22.2. The van der Waals surface area contributed by atoms with Crippen molar-refractivity contribution >= 4 is 35.8 Å². The summed E-state index contributed by atoms with van der Waals surface area (Å²) >= 11 is 0. The molecular weight excluding hydrogens is 516 g/mol. The number of nitrogens with one attached hydrogen (secondary N) is 2. The maximum atomic E-state index is 12.2. The molecule has 1 amide bonds. The third-order valence-corrected chi connectivity index (χ3v) is 3.50. The molecule has 0 heterocycles. The molecule has 0 aliphatic rings. The highest BCUT2D eigenvalue weighted by molar-refractivity contribution is 14.0. The molecule has 0 saturated carbocycles. The lowest BCUT2D eigenvalue weighted by Gasteiger charge is -2.25. The Morgan fingerprint density at radius 3 is 2.27 bits per heavy atom. The molecule has 0 spiro atoms. The number of likely N-dealkylation sites (N-methyl/N-ethyl adjacent to an activating group) is 1. The highest BCUT2D eigenvalue weighted by Crippen LogP contribution is 2.24. The molecule has 0 aromatic heterocycles.